The number of hydrogen-bond acceptors (Lipinski definition) is 6. The van der Waals surface area contributed by atoms with Crippen molar-refractivity contribution in [2.24, 2.45) is 5.41 Å². The number of benzene rings is 1. The van der Waals surface area contributed by atoms with Crippen LogP contribution in [0.3, 0.4) is 0 Å². The first kappa shape index (κ1) is 17.2. The van der Waals surface area contributed by atoms with Gasteiger partial charge in [-0.2, -0.15) is 0 Å². The average Bonchev–Trinajstić information content (AvgIpc) is 3.00. The van der Waals surface area contributed by atoms with Crippen LogP contribution in [0.2, 0.25) is 0 Å². The first-order valence-corrected chi connectivity index (χ1v) is 9.01. The third-order valence-electron chi connectivity index (χ3n) is 6.36. The first-order chi connectivity index (χ1) is 12.1. The molecule has 2 atom stereocenters. The summed E-state index contributed by atoms with van der Waals surface area (Å²) in [5.41, 5.74) is 0.0401. The van der Waals surface area contributed by atoms with Crippen LogP contribution in [-0.4, -0.2) is 38.9 Å². The van der Waals surface area contributed by atoms with E-state index in [0.29, 0.717) is 23.1 Å². The summed E-state index contributed by atoms with van der Waals surface area (Å²) in [5, 5.41) is 41.9. The largest absolute Gasteiger partial charge is 0.507 e. The van der Waals surface area contributed by atoms with E-state index in [1.54, 1.807) is 0 Å². The van der Waals surface area contributed by atoms with Gasteiger partial charge in [0.05, 0.1) is 12.2 Å². The Kier molecular flexibility index (Phi) is 3.42. The second-order valence-corrected chi connectivity index (χ2v) is 8.50. The Balaban J connectivity index is 2.05. The van der Waals surface area contributed by atoms with Gasteiger partial charge in [0.15, 0.2) is 17.3 Å². The van der Waals surface area contributed by atoms with E-state index in [4.69, 9.17) is 4.74 Å². The van der Waals surface area contributed by atoms with Crippen molar-refractivity contribution >= 4 is 5.78 Å². The number of carbonyl (C=O) groups is 1. The van der Waals surface area contributed by atoms with Gasteiger partial charge in [-0.05, 0) is 23.8 Å². The Hall–Kier alpha value is -2.21. The van der Waals surface area contributed by atoms with Gasteiger partial charge in [-0.15, -0.1) is 0 Å². The molecule has 26 heavy (non-hydrogen) atoms. The number of rotatable bonds is 1. The Labute approximate surface area is 151 Å². The van der Waals surface area contributed by atoms with E-state index in [1.165, 1.54) is 0 Å². The zero-order valence-electron chi connectivity index (χ0n) is 15.2. The number of carbonyl (C=O) groups excluding carboxylic acids is 1. The number of aliphatic hydroxyl groups excluding tert-OH is 2. The third-order valence-corrected chi connectivity index (χ3v) is 6.36. The van der Waals surface area contributed by atoms with Crippen LogP contribution in [0.25, 0.3) is 0 Å². The highest BCUT2D eigenvalue weighted by Crippen LogP contribution is 2.61. The molecule has 0 amide bonds. The number of aliphatic hydroxyl groups is 2. The molecule has 1 aromatic carbocycles. The molecule has 1 aromatic rings. The van der Waals surface area contributed by atoms with Crippen molar-refractivity contribution in [2.45, 2.75) is 58.0 Å². The number of aromatic hydroxyl groups is 2. The SMILES string of the molecule is CC1(C)CCC[C@@]2(C)C1=C(O)C(=O)c1c(O)c3c(c(O)c12)OC(CO)C3. The Bertz CT molecular complexity index is 866. The molecule has 140 valence electrons. The van der Waals surface area contributed by atoms with Crippen molar-refractivity contribution in [1.29, 1.82) is 0 Å². The Morgan fingerprint density at radius 1 is 1.12 bits per heavy atom. The topological polar surface area (TPSA) is 107 Å². The smallest absolute Gasteiger partial charge is 0.231 e. The van der Waals surface area contributed by atoms with Gasteiger partial charge in [0, 0.05) is 23.0 Å². The molecule has 4 rings (SSSR count). The minimum atomic E-state index is -0.771. The maximum Gasteiger partial charge on any atom is 0.231 e. The highest BCUT2D eigenvalue weighted by molar-refractivity contribution is 6.13. The summed E-state index contributed by atoms with van der Waals surface area (Å²) in [4.78, 5) is 13.0. The van der Waals surface area contributed by atoms with Crippen LogP contribution in [0, 0.1) is 5.41 Å². The number of phenols is 2. The molecule has 3 aliphatic rings. The number of phenolic OH excluding ortho intramolecular Hbond substituents is 2. The number of hydrogen-bond donors (Lipinski definition) is 4. The van der Waals surface area contributed by atoms with Crippen LogP contribution in [0.4, 0.5) is 0 Å². The molecule has 0 aromatic heterocycles. The molecule has 2 aliphatic carbocycles. The lowest BCUT2D eigenvalue weighted by Crippen LogP contribution is -2.43. The van der Waals surface area contributed by atoms with E-state index in [0.717, 1.165) is 12.8 Å². The third kappa shape index (κ3) is 1.93. The number of fused-ring (bicyclic) bond motifs is 4. The first-order valence-electron chi connectivity index (χ1n) is 9.01. The van der Waals surface area contributed by atoms with E-state index < -0.39 is 22.7 Å². The predicted octanol–water partition coefficient (Wildman–Crippen LogP) is 2.87. The molecule has 1 fully saturated rings. The van der Waals surface area contributed by atoms with E-state index in [9.17, 15) is 25.2 Å². The van der Waals surface area contributed by atoms with Gasteiger partial charge in [-0.3, -0.25) is 4.79 Å². The molecule has 0 radical (unpaired) electrons. The normalized spacial score (nSPS) is 29.1. The summed E-state index contributed by atoms with van der Waals surface area (Å²) in [7, 11) is 0. The molecule has 4 N–H and O–H groups in total. The summed E-state index contributed by atoms with van der Waals surface area (Å²) in [6.07, 6.45) is 1.96. The summed E-state index contributed by atoms with van der Waals surface area (Å²) in [5.74, 6) is -1.27. The second-order valence-electron chi connectivity index (χ2n) is 8.50. The van der Waals surface area contributed by atoms with Gasteiger partial charge in [0.25, 0.3) is 0 Å². The van der Waals surface area contributed by atoms with Gasteiger partial charge in [-0.1, -0.05) is 27.2 Å². The molecule has 0 saturated heterocycles. The molecular weight excluding hydrogens is 336 g/mol. The predicted molar refractivity (Wildman–Crippen MR) is 93.9 cm³/mol. The van der Waals surface area contributed by atoms with Gasteiger partial charge < -0.3 is 25.2 Å². The fraction of sp³-hybridized carbons (Fsp3) is 0.550. The summed E-state index contributed by atoms with van der Waals surface area (Å²) in [6.45, 7) is 5.60. The number of allylic oxidation sites excluding steroid dienone is 2. The van der Waals surface area contributed by atoms with Crippen LogP contribution in [0.15, 0.2) is 11.3 Å². The molecule has 6 nitrogen and oxygen atoms in total. The van der Waals surface area contributed by atoms with Gasteiger partial charge in [0.1, 0.15) is 11.9 Å². The Morgan fingerprint density at radius 3 is 2.46 bits per heavy atom. The summed E-state index contributed by atoms with van der Waals surface area (Å²) in [6, 6.07) is 0. The zero-order valence-corrected chi connectivity index (χ0v) is 15.2. The molecule has 0 bridgehead atoms. The minimum absolute atomic E-state index is 0.0371. The molecule has 1 aliphatic heterocycles. The summed E-state index contributed by atoms with van der Waals surface area (Å²) >= 11 is 0. The minimum Gasteiger partial charge on any atom is -0.507 e. The van der Waals surface area contributed by atoms with Crippen LogP contribution in [0.5, 0.6) is 17.2 Å². The Morgan fingerprint density at radius 2 is 1.81 bits per heavy atom. The fourth-order valence-corrected chi connectivity index (χ4v) is 5.31. The van der Waals surface area contributed by atoms with Crippen molar-refractivity contribution in [3.63, 3.8) is 0 Å². The summed E-state index contributed by atoms with van der Waals surface area (Å²) < 4.78 is 5.62. The zero-order chi connectivity index (χ0) is 19.0. The number of ether oxygens (including phenoxy) is 1. The van der Waals surface area contributed by atoms with Crippen LogP contribution < -0.4 is 4.74 Å². The van der Waals surface area contributed by atoms with Crippen molar-refractivity contribution in [3.8, 4) is 17.2 Å². The lowest BCUT2D eigenvalue weighted by molar-refractivity contribution is 0.0934. The van der Waals surface area contributed by atoms with Crippen LogP contribution in [0.1, 0.15) is 61.5 Å². The van der Waals surface area contributed by atoms with Gasteiger partial charge in [-0.25, -0.2) is 0 Å². The van der Waals surface area contributed by atoms with Crippen LogP contribution >= 0.6 is 0 Å². The van der Waals surface area contributed by atoms with E-state index >= 15 is 0 Å². The maximum absolute atomic E-state index is 13.0. The van der Waals surface area contributed by atoms with Gasteiger partial charge >= 0.3 is 0 Å². The number of ketones is 1. The molecule has 1 saturated carbocycles. The standard InChI is InChI=1S/C20H24O6/c1-19(2)5-4-6-20(3)12-11(14(23)16(25)18(19)20)13(22)10-7-9(8-21)26-17(10)15(12)24/h9,21-22,24-25H,4-8H2,1-3H3/t9?,20-/m1/s1. The molecule has 6 heteroatoms. The molecular formula is C20H24O6. The lowest BCUT2D eigenvalue weighted by atomic mass is 9.54. The highest BCUT2D eigenvalue weighted by atomic mass is 16.5. The van der Waals surface area contributed by atoms with E-state index in [1.807, 2.05) is 20.8 Å². The molecule has 0 spiro atoms. The van der Waals surface area contributed by atoms with E-state index in [2.05, 4.69) is 0 Å². The maximum atomic E-state index is 13.0. The van der Waals surface area contributed by atoms with Crippen LogP contribution in [-0.2, 0) is 11.8 Å². The van der Waals surface area contributed by atoms with E-state index in [-0.39, 0.29) is 41.6 Å². The van der Waals surface area contributed by atoms with Crippen molar-refractivity contribution in [2.75, 3.05) is 6.61 Å². The average molecular weight is 360 g/mol. The second kappa shape index (κ2) is 5.16. The highest BCUT2D eigenvalue weighted by Gasteiger charge is 2.53. The van der Waals surface area contributed by atoms with Crippen molar-refractivity contribution in [1.82, 2.24) is 0 Å². The lowest BCUT2D eigenvalue weighted by Gasteiger charge is -2.49. The molecule has 1 heterocycles. The quantitative estimate of drug-likeness (QED) is 0.574. The number of Topliss-reactive ketones (excluding diaryl/α,β-unsaturated/α-hetero) is 1. The molecule has 1 unspecified atom stereocenters. The fourth-order valence-electron chi connectivity index (χ4n) is 5.31. The van der Waals surface area contributed by atoms with Crippen molar-refractivity contribution in [3.05, 3.63) is 28.0 Å². The van der Waals surface area contributed by atoms with Gasteiger partial charge in [0.2, 0.25) is 5.78 Å². The monoisotopic (exact) mass is 360 g/mol. The van der Waals surface area contributed by atoms with Crippen molar-refractivity contribution < 1.29 is 30.0 Å².